The summed E-state index contributed by atoms with van der Waals surface area (Å²) in [5.74, 6) is 0.757. The molecule has 0 saturated carbocycles. The lowest BCUT2D eigenvalue weighted by Crippen LogP contribution is -2.50. The normalized spacial score (nSPS) is 16.1. The molecule has 0 atom stereocenters. The van der Waals surface area contributed by atoms with Gasteiger partial charge in [-0.15, -0.1) is 0 Å². The Morgan fingerprint density at radius 3 is 2.80 bits per heavy atom. The Kier molecular flexibility index (Phi) is 4.88. The molecule has 0 spiro atoms. The summed E-state index contributed by atoms with van der Waals surface area (Å²) in [5.41, 5.74) is 1.00. The minimum atomic E-state index is -0.180. The maximum atomic E-state index is 11.8. The Balaban J connectivity index is 1.82. The van der Waals surface area contributed by atoms with Gasteiger partial charge in [0.2, 0.25) is 0 Å². The molecular formula is C14H19BrN2O3. The van der Waals surface area contributed by atoms with Gasteiger partial charge in [0.05, 0.1) is 20.3 Å². The van der Waals surface area contributed by atoms with E-state index in [-0.39, 0.29) is 11.4 Å². The van der Waals surface area contributed by atoms with Crippen molar-refractivity contribution in [3.63, 3.8) is 0 Å². The van der Waals surface area contributed by atoms with Crippen LogP contribution >= 0.6 is 15.9 Å². The van der Waals surface area contributed by atoms with Crippen LogP contribution in [0.15, 0.2) is 22.7 Å². The minimum Gasteiger partial charge on any atom is -0.496 e. The fraction of sp³-hybridized carbons (Fsp3) is 0.500. The number of carbonyl (C=O) groups excluding carboxylic acids is 1. The molecule has 2 amide bonds. The first-order valence-corrected chi connectivity index (χ1v) is 7.24. The lowest BCUT2D eigenvalue weighted by molar-refractivity contribution is -0.0975. The molecule has 0 radical (unpaired) electrons. The summed E-state index contributed by atoms with van der Waals surface area (Å²) in [6.07, 6.45) is 0. The van der Waals surface area contributed by atoms with Crippen molar-refractivity contribution in [3.8, 4) is 5.75 Å². The number of carbonyl (C=O) groups is 1. The Hall–Kier alpha value is -1.27. The van der Waals surface area contributed by atoms with Crippen LogP contribution in [-0.4, -0.2) is 32.9 Å². The molecule has 2 N–H and O–H groups in total. The average Bonchev–Trinajstić information content (AvgIpc) is 2.41. The first-order valence-electron chi connectivity index (χ1n) is 6.44. The standard InChI is InChI=1S/C14H19BrN2O3/c1-14(8-20-9-14)7-17-13(18)16-6-10-5-11(15)3-4-12(10)19-2/h3-5H,6-9H2,1-2H3,(H2,16,17,18). The van der Waals surface area contributed by atoms with Crippen molar-refractivity contribution in [2.75, 3.05) is 26.9 Å². The van der Waals surface area contributed by atoms with E-state index in [1.54, 1.807) is 7.11 Å². The molecule has 110 valence electrons. The molecule has 2 rings (SSSR count). The van der Waals surface area contributed by atoms with Gasteiger partial charge in [-0.1, -0.05) is 22.9 Å². The molecular weight excluding hydrogens is 324 g/mol. The molecule has 1 heterocycles. The molecule has 1 saturated heterocycles. The number of ether oxygens (including phenoxy) is 2. The van der Waals surface area contributed by atoms with Gasteiger partial charge in [0.25, 0.3) is 0 Å². The predicted molar refractivity (Wildman–Crippen MR) is 79.9 cm³/mol. The quantitative estimate of drug-likeness (QED) is 0.863. The molecule has 1 aliphatic rings. The van der Waals surface area contributed by atoms with Crippen molar-refractivity contribution < 1.29 is 14.3 Å². The second-order valence-corrected chi connectivity index (χ2v) is 6.21. The monoisotopic (exact) mass is 342 g/mol. The second kappa shape index (κ2) is 6.45. The van der Waals surface area contributed by atoms with E-state index in [4.69, 9.17) is 9.47 Å². The van der Waals surface area contributed by atoms with Crippen LogP contribution in [0.5, 0.6) is 5.75 Å². The zero-order chi connectivity index (χ0) is 14.6. The molecule has 1 aromatic rings. The summed E-state index contributed by atoms with van der Waals surface area (Å²) in [4.78, 5) is 11.8. The van der Waals surface area contributed by atoms with E-state index in [2.05, 4.69) is 33.5 Å². The molecule has 0 bridgehead atoms. The van der Waals surface area contributed by atoms with Crippen LogP contribution in [0.4, 0.5) is 4.79 Å². The maximum Gasteiger partial charge on any atom is 0.315 e. The summed E-state index contributed by atoms with van der Waals surface area (Å²) < 4.78 is 11.4. The highest BCUT2D eigenvalue weighted by Crippen LogP contribution is 2.25. The van der Waals surface area contributed by atoms with Gasteiger partial charge >= 0.3 is 6.03 Å². The molecule has 0 unspecified atom stereocenters. The van der Waals surface area contributed by atoms with Crippen molar-refractivity contribution >= 4 is 22.0 Å². The van der Waals surface area contributed by atoms with Gasteiger partial charge in [0, 0.05) is 28.5 Å². The molecule has 1 aliphatic heterocycles. The molecule has 20 heavy (non-hydrogen) atoms. The summed E-state index contributed by atoms with van der Waals surface area (Å²) >= 11 is 3.41. The van der Waals surface area contributed by atoms with E-state index in [0.29, 0.717) is 26.3 Å². The van der Waals surface area contributed by atoms with Gasteiger partial charge in [-0.3, -0.25) is 0 Å². The van der Waals surface area contributed by atoms with E-state index in [9.17, 15) is 4.79 Å². The largest absolute Gasteiger partial charge is 0.496 e. The number of methoxy groups -OCH3 is 1. The van der Waals surface area contributed by atoms with Gasteiger partial charge in [-0.25, -0.2) is 4.79 Å². The Labute approximate surface area is 127 Å². The first-order chi connectivity index (χ1) is 9.52. The van der Waals surface area contributed by atoms with E-state index in [1.807, 2.05) is 18.2 Å². The van der Waals surface area contributed by atoms with Gasteiger partial charge in [0.15, 0.2) is 0 Å². The zero-order valence-electron chi connectivity index (χ0n) is 11.7. The number of urea groups is 1. The SMILES string of the molecule is COc1ccc(Br)cc1CNC(=O)NCC1(C)COC1. The molecule has 6 heteroatoms. The molecule has 1 aromatic carbocycles. The van der Waals surface area contributed by atoms with Crippen LogP contribution in [0.2, 0.25) is 0 Å². The fourth-order valence-electron chi connectivity index (χ4n) is 1.97. The number of nitrogens with one attached hydrogen (secondary N) is 2. The van der Waals surface area contributed by atoms with Crippen molar-refractivity contribution in [2.24, 2.45) is 5.41 Å². The van der Waals surface area contributed by atoms with Gasteiger partial charge in [-0.2, -0.15) is 0 Å². The van der Waals surface area contributed by atoms with Crippen molar-refractivity contribution in [3.05, 3.63) is 28.2 Å². The Bertz CT molecular complexity index is 489. The van der Waals surface area contributed by atoms with Crippen molar-refractivity contribution in [1.29, 1.82) is 0 Å². The first kappa shape index (κ1) is 15.1. The van der Waals surface area contributed by atoms with Crippen LogP contribution in [0.1, 0.15) is 12.5 Å². The number of benzene rings is 1. The second-order valence-electron chi connectivity index (χ2n) is 5.30. The zero-order valence-corrected chi connectivity index (χ0v) is 13.2. The fourth-order valence-corrected chi connectivity index (χ4v) is 2.38. The van der Waals surface area contributed by atoms with Crippen LogP contribution in [0, 0.1) is 5.41 Å². The maximum absolute atomic E-state index is 11.8. The van der Waals surface area contributed by atoms with Gasteiger partial charge < -0.3 is 20.1 Å². The number of hydrogen-bond acceptors (Lipinski definition) is 3. The smallest absolute Gasteiger partial charge is 0.315 e. The van der Waals surface area contributed by atoms with Crippen LogP contribution in [-0.2, 0) is 11.3 Å². The Morgan fingerprint density at radius 1 is 1.45 bits per heavy atom. The van der Waals surface area contributed by atoms with E-state index < -0.39 is 0 Å². The lowest BCUT2D eigenvalue weighted by atomic mass is 9.89. The highest BCUT2D eigenvalue weighted by atomic mass is 79.9. The number of hydrogen-bond donors (Lipinski definition) is 2. The highest BCUT2D eigenvalue weighted by Gasteiger charge is 2.33. The van der Waals surface area contributed by atoms with Gasteiger partial charge in [0.1, 0.15) is 5.75 Å². The molecule has 5 nitrogen and oxygen atoms in total. The minimum absolute atomic E-state index is 0.0742. The number of rotatable bonds is 5. The summed E-state index contributed by atoms with van der Waals surface area (Å²) in [5, 5.41) is 5.69. The van der Waals surface area contributed by atoms with Crippen molar-refractivity contribution in [2.45, 2.75) is 13.5 Å². The summed E-state index contributed by atoms with van der Waals surface area (Å²) in [7, 11) is 1.62. The lowest BCUT2D eigenvalue weighted by Gasteiger charge is -2.37. The predicted octanol–water partition coefficient (Wildman–Crippen LogP) is 2.29. The van der Waals surface area contributed by atoms with E-state index >= 15 is 0 Å². The molecule has 0 aromatic heterocycles. The van der Waals surface area contributed by atoms with E-state index in [1.165, 1.54) is 0 Å². The average molecular weight is 343 g/mol. The van der Waals surface area contributed by atoms with E-state index in [0.717, 1.165) is 15.8 Å². The molecule has 0 aliphatic carbocycles. The number of amides is 2. The molecule has 1 fully saturated rings. The Morgan fingerprint density at radius 2 is 2.20 bits per heavy atom. The van der Waals surface area contributed by atoms with Gasteiger partial charge in [-0.05, 0) is 18.2 Å². The third-order valence-corrected chi connectivity index (χ3v) is 3.75. The summed E-state index contributed by atoms with van der Waals surface area (Å²) in [6, 6.07) is 5.52. The van der Waals surface area contributed by atoms with Crippen LogP contribution < -0.4 is 15.4 Å². The van der Waals surface area contributed by atoms with Crippen molar-refractivity contribution in [1.82, 2.24) is 10.6 Å². The third kappa shape index (κ3) is 3.86. The topological polar surface area (TPSA) is 59.6 Å². The van der Waals surface area contributed by atoms with Crippen LogP contribution in [0.3, 0.4) is 0 Å². The highest BCUT2D eigenvalue weighted by molar-refractivity contribution is 9.10. The van der Waals surface area contributed by atoms with Crippen LogP contribution in [0.25, 0.3) is 0 Å². The number of halogens is 1. The third-order valence-electron chi connectivity index (χ3n) is 3.26. The summed E-state index contributed by atoms with van der Waals surface area (Å²) in [6.45, 7) is 4.53.